The molecule has 1 saturated heterocycles. The van der Waals surface area contributed by atoms with Crippen molar-refractivity contribution in [3.05, 3.63) is 23.3 Å². The largest absolute Gasteiger partial charge is 0.493 e. The average Bonchev–Trinajstić information content (AvgIpc) is 2.68. The lowest BCUT2D eigenvalue weighted by molar-refractivity contribution is -0.137. The van der Waals surface area contributed by atoms with E-state index in [1.54, 1.807) is 20.3 Å². The van der Waals surface area contributed by atoms with Crippen molar-refractivity contribution in [2.45, 2.75) is 33.6 Å². The maximum Gasteiger partial charge on any atom is 0.254 e. The van der Waals surface area contributed by atoms with Gasteiger partial charge in [-0.1, -0.05) is 13.8 Å². The van der Waals surface area contributed by atoms with Gasteiger partial charge in [-0.25, -0.2) is 0 Å². The lowest BCUT2D eigenvalue weighted by Gasteiger charge is -2.36. The first-order valence-electron chi connectivity index (χ1n) is 9.27. The molecule has 6 heteroatoms. The number of nitrogens with zero attached hydrogens (tertiary/aromatic N) is 2. The minimum absolute atomic E-state index is 0.0296. The van der Waals surface area contributed by atoms with Gasteiger partial charge in [-0.05, 0) is 37.5 Å². The zero-order valence-electron chi connectivity index (χ0n) is 16.5. The molecule has 144 valence electrons. The van der Waals surface area contributed by atoms with Gasteiger partial charge in [-0.2, -0.15) is 0 Å². The van der Waals surface area contributed by atoms with Crippen LogP contribution in [0.15, 0.2) is 12.1 Å². The van der Waals surface area contributed by atoms with Gasteiger partial charge in [-0.3, -0.25) is 9.59 Å². The molecule has 1 aliphatic rings. The maximum absolute atomic E-state index is 12.9. The monoisotopic (exact) mass is 362 g/mol. The number of aryl methyl sites for hydroxylation is 1. The SMILES string of the molecule is CCC(CC)C(=O)N1CCN(C(=O)c2cc(OC)c(OC)cc2C)CC1. The molecule has 0 aromatic heterocycles. The van der Waals surface area contributed by atoms with Gasteiger partial charge in [0, 0.05) is 37.7 Å². The second kappa shape index (κ2) is 8.92. The highest BCUT2D eigenvalue weighted by Crippen LogP contribution is 2.31. The van der Waals surface area contributed by atoms with E-state index in [0.717, 1.165) is 18.4 Å². The molecular weight excluding hydrogens is 332 g/mol. The summed E-state index contributed by atoms with van der Waals surface area (Å²) in [6, 6.07) is 3.55. The summed E-state index contributed by atoms with van der Waals surface area (Å²) in [6.45, 7) is 8.28. The Morgan fingerprint density at radius 2 is 1.46 bits per heavy atom. The molecule has 1 aromatic rings. The van der Waals surface area contributed by atoms with E-state index in [9.17, 15) is 9.59 Å². The number of ether oxygens (including phenoxy) is 2. The number of carbonyl (C=O) groups excluding carboxylic acids is 2. The van der Waals surface area contributed by atoms with Crippen molar-refractivity contribution in [3.8, 4) is 11.5 Å². The van der Waals surface area contributed by atoms with E-state index in [0.29, 0.717) is 43.2 Å². The van der Waals surface area contributed by atoms with Crippen molar-refractivity contribution in [2.75, 3.05) is 40.4 Å². The average molecular weight is 362 g/mol. The summed E-state index contributed by atoms with van der Waals surface area (Å²) in [6.07, 6.45) is 1.72. The Labute approximate surface area is 156 Å². The Morgan fingerprint density at radius 1 is 0.962 bits per heavy atom. The van der Waals surface area contributed by atoms with Gasteiger partial charge in [0.05, 0.1) is 14.2 Å². The van der Waals surface area contributed by atoms with Crippen molar-refractivity contribution in [1.82, 2.24) is 9.80 Å². The lowest BCUT2D eigenvalue weighted by Crippen LogP contribution is -2.52. The molecule has 6 nitrogen and oxygen atoms in total. The van der Waals surface area contributed by atoms with Gasteiger partial charge in [0.1, 0.15) is 0 Å². The Morgan fingerprint density at radius 3 is 1.96 bits per heavy atom. The fourth-order valence-electron chi connectivity index (χ4n) is 3.41. The fraction of sp³-hybridized carbons (Fsp3) is 0.600. The van der Waals surface area contributed by atoms with Crippen LogP contribution in [-0.4, -0.2) is 62.0 Å². The first-order valence-corrected chi connectivity index (χ1v) is 9.27. The number of hydrogen-bond donors (Lipinski definition) is 0. The Balaban J connectivity index is 2.08. The van der Waals surface area contributed by atoms with Crippen molar-refractivity contribution in [2.24, 2.45) is 5.92 Å². The van der Waals surface area contributed by atoms with Gasteiger partial charge in [0.15, 0.2) is 11.5 Å². The third kappa shape index (κ3) is 4.11. The number of methoxy groups -OCH3 is 2. The van der Waals surface area contributed by atoms with Crippen LogP contribution >= 0.6 is 0 Å². The zero-order chi connectivity index (χ0) is 19.3. The van der Waals surface area contributed by atoms with Gasteiger partial charge in [0.2, 0.25) is 5.91 Å². The van der Waals surface area contributed by atoms with Crippen LogP contribution in [0.3, 0.4) is 0 Å². The van der Waals surface area contributed by atoms with E-state index in [-0.39, 0.29) is 17.7 Å². The molecule has 0 saturated carbocycles. The standard InChI is InChI=1S/C20H30N2O4/c1-6-15(7-2)19(23)21-8-10-22(11-9-21)20(24)16-13-18(26-5)17(25-4)12-14(16)3/h12-13,15H,6-11H2,1-5H3. The Kier molecular flexibility index (Phi) is 6.89. The Hall–Kier alpha value is -2.24. The normalized spacial score (nSPS) is 14.5. The van der Waals surface area contributed by atoms with E-state index in [1.807, 2.05) is 36.6 Å². The minimum Gasteiger partial charge on any atom is -0.493 e. The van der Waals surface area contributed by atoms with Gasteiger partial charge in [-0.15, -0.1) is 0 Å². The molecule has 0 spiro atoms. The molecule has 0 bridgehead atoms. The number of amides is 2. The summed E-state index contributed by atoms with van der Waals surface area (Å²) < 4.78 is 10.6. The van der Waals surface area contributed by atoms with Crippen LogP contribution < -0.4 is 9.47 Å². The highest BCUT2D eigenvalue weighted by molar-refractivity contribution is 5.96. The van der Waals surface area contributed by atoms with Crippen LogP contribution in [0, 0.1) is 12.8 Å². The molecule has 0 unspecified atom stereocenters. The molecule has 26 heavy (non-hydrogen) atoms. The number of piperazine rings is 1. The summed E-state index contributed by atoms with van der Waals surface area (Å²) in [5, 5.41) is 0. The van der Waals surface area contributed by atoms with E-state index in [2.05, 4.69) is 0 Å². The summed E-state index contributed by atoms with van der Waals surface area (Å²) in [7, 11) is 3.14. The number of benzene rings is 1. The molecule has 1 aliphatic heterocycles. The van der Waals surface area contributed by atoms with E-state index in [1.165, 1.54) is 0 Å². The molecule has 0 radical (unpaired) electrons. The van der Waals surface area contributed by atoms with Crippen LogP contribution in [0.4, 0.5) is 0 Å². The number of carbonyl (C=O) groups is 2. The Bertz CT molecular complexity index is 647. The van der Waals surface area contributed by atoms with Crippen molar-refractivity contribution < 1.29 is 19.1 Å². The summed E-state index contributed by atoms with van der Waals surface area (Å²) >= 11 is 0. The van der Waals surface area contributed by atoms with Crippen molar-refractivity contribution in [3.63, 3.8) is 0 Å². The van der Waals surface area contributed by atoms with Gasteiger partial charge >= 0.3 is 0 Å². The summed E-state index contributed by atoms with van der Waals surface area (Å²) in [4.78, 5) is 29.1. The smallest absolute Gasteiger partial charge is 0.254 e. The number of hydrogen-bond acceptors (Lipinski definition) is 4. The molecule has 1 fully saturated rings. The third-order valence-corrected chi connectivity index (χ3v) is 5.17. The van der Waals surface area contributed by atoms with E-state index in [4.69, 9.17) is 9.47 Å². The lowest BCUT2D eigenvalue weighted by atomic mass is 10.0. The molecule has 0 N–H and O–H groups in total. The van der Waals surface area contributed by atoms with E-state index < -0.39 is 0 Å². The quantitative estimate of drug-likeness (QED) is 0.781. The third-order valence-electron chi connectivity index (χ3n) is 5.17. The highest BCUT2D eigenvalue weighted by Gasteiger charge is 2.28. The van der Waals surface area contributed by atoms with Crippen molar-refractivity contribution >= 4 is 11.8 Å². The van der Waals surface area contributed by atoms with Crippen LogP contribution in [0.5, 0.6) is 11.5 Å². The zero-order valence-corrected chi connectivity index (χ0v) is 16.5. The molecular formula is C20H30N2O4. The molecule has 0 atom stereocenters. The fourth-order valence-corrected chi connectivity index (χ4v) is 3.41. The van der Waals surface area contributed by atoms with Crippen LogP contribution in [0.25, 0.3) is 0 Å². The van der Waals surface area contributed by atoms with Crippen molar-refractivity contribution in [1.29, 1.82) is 0 Å². The number of rotatable bonds is 6. The molecule has 2 rings (SSSR count). The van der Waals surface area contributed by atoms with E-state index >= 15 is 0 Å². The second-order valence-electron chi connectivity index (χ2n) is 6.65. The summed E-state index contributed by atoms with van der Waals surface area (Å²) in [5.74, 6) is 1.43. The molecule has 1 heterocycles. The molecule has 1 aromatic carbocycles. The van der Waals surface area contributed by atoms with Gasteiger partial charge < -0.3 is 19.3 Å². The first kappa shape index (κ1) is 20.1. The van der Waals surface area contributed by atoms with Gasteiger partial charge in [0.25, 0.3) is 5.91 Å². The van der Waals surface area contributed by atoms with Crippen LogP contribution in [0.2, 0.25) is 0 Å². The molecule has 0 aliphatic carbocycles. The minimum atomic E-state index is -0.0296. The van der Waals surface area contributed by atoms with Crippen LogP contribution in [0.1, 0.15) is 42.6 Å². The highest BCUT2D eigenvalue weighted by atomic mass is 16.5. The summed E-state index contributed by atoms with van der Waals surface area (Å²) in [5.41, 5.74) is 1.46. The molecule has 2 amide bonds. The predicted octanol–water partition coefficient (Wildman–Crippen LogP) is 2.73. The first-order chi connectivity index (χ1) is 12.5. The maximum atomic E-state index is 12.9. The van der Waals surface area contributed by atoms with Crippen LogP contribution in [-0.2, 0) is 4.79 Å². The second-order valence-corrected chi connectivity index (χ2v) is 6.65. The predicted molar refractivity (Wildman–Crippen MR) is 101 cm³/mol. The topological polar surface area (TPSA) is 59.1 Å².